The number of nitrogens with one attached hydrogen (secondary N) is 1. The number of carbonyl (C=O) groups is 4. The van der Waals surface area contributed by atoms with E-state index < -0.39 is 47.5 Å². The maximum atomic E-state index is 13.6. The van der Waals surface area contributed by atoms with E-state index in [2.05, 4.69) is 16.8 Å². The summed E-state index contributed by atoms with van der Waals surface area (Å²) < 4.78 is 23.0. The molecule has 3 aliphatic rings. The molecule has 3 amide bonds. The van der Waals surface area contributed by atoms with Gasteiger partial charge >= 0.3 is 24.2 Å². The molecule has 2 fully saturated rings. The molecule has 0 saturated carbocycles. The van der Waals surface area contributed by atoms with Crippen molar-refractivity contribution in [3.63, 3.8) is 0 Å². The minimum absolute atomic E-state index is 0.111. The first kappa shape index (κ1) is 45.4. The van der Waals surface area contributed by atoms with Crippen molar-refractivity contribution in [3.8, 4) is 11.8 Å². The number of fused-ring (bicyclic) bond motifs is 2. The lowest BCUT2D eigenvalue weighted by atomic mass is 9.87. The second kappa shape index (κ2) is 19.1. The third-order valence-corrected chi connectivity index (χ3v) is 11.5. The molecule has 2 saturated heterocycles. The molecule has 1 N–H and O–H groups in total. The fraction of sp³-hybridized carbons (Fsp3) is 0.385. The van der Waals surface area contributed by atoms with Gasteiger partial charge in [0.25, 0.3) is 0 Å². The number of imidazole rings is 1. The van der Waals surface area contributed by atoms with Crippen LogP contribution < -0.4 is 0 Å². The van der Waals surface area contributed by atoms with Crippen molar-refractivity contribution in [2.75, 3.05) is 26.2 Å². The smallest absolute Gasteiger partial charge is 0.410 e. The van der Waals surface area contributed by atoms with Crippen molar-refractivity contribution in [1.29, 1.82) is 0 Å². The number of piperidine rings is 1. The van der Waals surface area contributed by atoms with Gasteiger partial charge in [0.15, 0.2) is 0 Å². The molecule has 3 atom stereocenters. The van der Waals surface area contributed by atoms with Crippen LogP contribution in [-0.4, -0.2) is 98.1 Å². The van der Waals surface area contributed by atoms with E-state index in [0.29, 0.717) is 37.1 Å². The maximum Gasteiger partial charge on any atom is 0.410 e. The van der Waals surface area contributed by atoms with Crippen LogP contribution >= 0.6 is 0 Å². The lowest BCUT2D eigenvalue weighted by Gasteiger charge is -2.40. The fourth-order valence-electron chi connectivity index (χ4n) is 8.32. The molecule has 0 aliphatic carbocycles. The summed E-state index contributed by atoms with van der Waals surface area (Å²) in [6.45, 7) is 12.3. The summed E-state index contributed by atoms with van der Waals surface area (Å²) >= 11 is 0. The van der Waals surface area contributed by atoms with Crippen molar-refractivity contribution < 1.29 is 38.1 Å². The predicted octanol–water partition coefficient (Wildman–Crippen LogP) is 9.28. The van der Waals surface area contributed by atoms with Crippen LogP contribution in [0.2, 0.25) is 0 Å². The third-order valence-electron chi connectivity index (χ3n) is 11.5. The molecule has 4 heterocycles. The van der Waals surface area contributed by atoms with Gasteiger partial charge in [0, 0.05) is 42.9 Å². The monoisotopic (exact) mass is 892 g/mol. The minimum Gasteiger partial charge on any atom is -0.460 e. The maximum absolute atomic E-state index is 13.6. The van der Waals surface area contributed by atoms with Gasteiger partial charge in [-0.15, -0.1) is 0 Å². The molecule has 14 heteroatoms. The van der Waals surface area contributed by atoms with E-state index in [1.54, 1.807) is 14.7 Å². The summed E-state index contributed by atoms with van der Waals surface area (Å²) in [4.78, 5) is 71.9. The Kier molecular flexibility index (Phi) is 13.2. The van der Waals surface area contributed by atoms with Crippen LogP contribution in [0.3, 0.4) is 0 Å². The number of aromatic amines is 1. The highest BCUT2D eigenvalue weighted by atomic mass is 16.6. The van der Waals surface area contributed by atoms with Crippen molar-refractivity contribution in [1.82, 2.24) is 24.7 Å². The third kappa shape index (κ3) is 11.2. The van der Waals surface area contributed by atoms with Gasteiger partial charge in [-0.3, -0.25) is 19.6 Å². The largest absolute Gasteiger partial charge is 0.460 e. The first-order chi connectivity index (χ1) is 31.5. The molecule has 342 valence electrons. The number of hydrogen-bond donors (Lipinski definition) is 1. The van der Waals surface area contributed by atoms with Crippen LogP contribution in [0.15, 0.2) is 102 Å². The van der Waals surface area contributed by atoms with Crippen LogP contribution in [0.25, 0.3) is 11.0 Å². The van der Waals surface area contributed by atoms with Gasteiger partial charge in [0.05, 0.1) is 35.2 Å². The molecule has 1 unspecified atom stereocenters. The highest BCUT2D eigenvalue weighted by molar-refractivity contribution is 6.00. The van der Waals surface area contributed by atoms with Crippen molar-refractivity contribution >= 4 is 46.7 Å². The molecule has 0 bridgehead atoms. The topological polar surface area (TPSA) is 156 Å². The summed E-state index contributed by atoms with van der Waals surface area (Å²) in [5.41, 5.74) is 5.88. The van der Waals surface area contributed by atoms with Crippen LogP contribution in [0.5, 0.6) is 0 Å². The fourth-order valence-corrected chi connectivity index (χ4v) is 8.32. The predicted molar refractivity (Wildman–Crippen MR) is 249 cm³/mol. The van der Waals surface area contributed by atoms with E-state index in [-0.39, 0.29) is 38.8 Å². The molecule has 1 aromatic heterocycles. The minimum atomic E-state index is -0.684. The van der Waals surface area contributed by atoms with E-state index in [4.69, 9.17) is 28.9 Å². The summed E-state index contributed by atoms with van der Waals surface area (Å²) in [7, 11) is 0. The van der Waals surface area contributed by atoms with E-state index in [9.17, 15) is 19.2 Å². The highest BCUT2D eigenvalue weighted by Gasteiger charge is 2.41. The molecule has 14 nitrogen and oxygen atoms in total. The number of esters is 1. The number of carbonyl (C=O) groups excluding carboxylic acids is 4. The SMILES string of the molecule is CC(C)(C)OC(=O)C1CCN(C(=O)OCc2ccccc2)[C@H](C2=Nc3cc(C#Cc4ccc5nc([C@@H]6CN(C(=O)OC(C)(C)C)CCN6C(=O)OCc6ccccc6)[nH]c5c4)ccc3C2)C1. The summed E-state index contributed by atoms with van der Waals surface area (Å²) in [5, 5.41) is 0. The highest BCUT2D eigenvalue weighted by Crippen LogP contribution is 2.35. The first-order valence-electron chi connectivity index (χ1n) is 22.4. The van der Waals surface area contributed by atoms with Crippen molar-refractivity contribution in [2.24, 2.45) is 10.9 Å². The Bertz CT molecular complexity index is 2690. The zero-order valence-electron chi connectivity index (χ0n) is 38.3. The average molecular weight is 893 g/mol. The standard InChI is InChI=1S/C52H56N6O8/c1-51(2,3)65-47(59)39-23-24-57(49(61)63-32-36-13-9-7-10-14-36)44(30-39)43-29-38-21-19-34(27-41(38)53-43)17-18-35-20-22-40-42(28-35)55-46(54-40)45-31-56(48(60)66-52(4,5)6)25-26-58(45)50(62)64-33-37-15-11-8-12-16-37/h7-16,19-22,27-28,39,44-45H,23-26,29-33H2,1-6H3,(H,54,55)/t39?,44-,45-/m0/s1. The number of rotatable bonds is 7. The van der Waals surface area contributed by atoms with Crippen LogP contribution in [0.1, 0.15) is 94.1 Å². The quantitative estimate of drug-likeness (QED) is 0.0956. The average Bonchev–Trinajstić information content (AvgIpc) is 3.93. The number of aromatic nitrogens is 2. The Morgan fingerprint density at radius 1 is 0.697 bits per heavy atom. The van der Waals surface area contributed by atoms with Gasteiger partial charge in [-0.2, -0.15) is 0 Å². The Hall–Kier alpha value is -7.14. The van der Waals surface area contributed by atoms with Gasteiger partial charge in [-0.25, -0.2) is 19.4 Å². The molecule has 3 aliphatic heterocycles. The van der Waals surface area contributed by atoms with Crippen molar-refractivity contribution in [3.05, 3.63) is 131 Å². The zero-order chi connectivity index (χ0) is 46.6. The second-order valence-electron chi connectivity index (χ2n) is 18.9. The number of H-pyrrole nitrogens is 1. The lowest BCUT2D eigenvalue weighted by Crippen LogP contribution is -2.53. The van der Waals surface area contributed by atoms with E-state index in [1.807, 2.05) is 139 Å². The summed E-state index contributed by atoms with van der Waals surface area (Å²) in [6.07, 6.45) is -0.0480. The van der Waals surface area contributed by atoms with Gasteiger partial charge in [0.1, 0.15) is 36.3 Å². The number of aliphatic imine (C=N–C) groups is 1. The number of amides is 3. The molecular formula is C52H56N6O8. The number of likely N-dealkylation sites (tertiary alicyclic amines) is 1. The molecule has 4 aromatic carbocycles. The second-order valence-corrected chi connectivity index (χ2v) is 18.9. The normalized spacial score (nSPS) is 18.4. The number of piperazine rings is 1. The van der Waals surface area contributed by atoms with Gasteiger partial charge in [-0.05, 0) is 101 Å². The molecule has 66 heavy (non-hydrogen) atoms. The molecule has 0 spiro atoms. The van der Waals surface area contributed by atoms with Crippen LogP contribution in [0, 0.1) is 17.8 Å². The lowest BCUT2D eigenvalue weighted by molar-refractivity contribution is -0.161. The Labute approximate surface area is 385 Å². The first-order valence-corrected chi connectivity index (χ1v) is 22.4. The summed E-state index contributed by atoms with van der Waals surface area (Å²) in [5.74, 6) is 6.40. The van der Waals surface area contributed by atoms with Gasteiger partial charge in [-0.1, -0.05) is 78.6 Å². The Balaban J connectivity index is 0.999. The van der Waals surface area contributed by atoms with E-state index in [0.717, 1.165) is 44.7 Å². The Morgan fingerprint density at radius 2 is 1.30 bits per heavy atom. The van der Waals surface area contributed by atoms with Crippen LogP contribution in [-0.2, 0) is 43.4 Å². The van der Waals surface area contributed by atoms with E-state index in [1.165, 1.54) is 0 Å². The summed E-state index contributed by atoms with van der Waals surface area (Å²) in [6, 6.07) is 29.5. The number of ether oxygens (including phenoxy) is 4. The molecular weight excluding hydrogens is 837 g/mol. The van der Waals surface area contributed by atoms with Gasteiger partial charge in [0.2, 0.25) is 0 Å². The van der Waals surface area contributed by atoms with Gasteiger partial charge < -0.3 is 28.8 Å². The molecule has 0 radical (unpaired) electrons. The van der Waals surface area contributed by atoms with Crippen LogP contribution in [0.4, 0.5) is 20.1 Å². The number of benzene rings is 4. The number of hydrogen-bond acceptors (Lipinski definition) is 10. The van der Waals surface area contributed by atoms with E-state index >= 15 is 0 Å². The zero-order valence-corrected chi connectivity index (χ0v) is 38.3. The Morgan fingerprint density at radius 3 is 1.94 bits per heavy atom. The molecule has 8 rings (SSSR count). The van der Waals surface area contributed by atoms with Crippen molar-refractivity contribution in [2.45, 2.75) is 97.3 Å². The number of nitrogens with zero attached hydrogens (tertiary/aromatic N) is 5. The molecule has 5 aromatic rings.